The van der Waals surface area contributed by atoms with Crippen LogP contribution in [0.2, 0.25) is 10.0 Å². The number of hydrogen-bond donors (Lipinski definition) is 1. The van der Waals surface area contributed by atoms with Gasteiger partial charge in [-0.2, -0.15) is 0 Å². The van der Waals surface area contributed by atoms with Gasteiger partial charge >= 0.3 is 0 Å². The van der Waals surface area contributed by atoms with Gasteiger partial charge in [-0.15, -0.1) is 0 Å². The van der Waals surface area contributed by atoms with E-state index in [1.165, 1.54) is 17.0 Å². The van der Waals surface area contributed by atoms with E-state index in [0.29, 0.717) is 36.6 Å². The molecule has 3 rings (SSSR count). The number of aliphatic hydroxyl groups is 1. The molecule has 2 aromatic carbocycles. The number of carbonyl (C=O) groups excluding carboxylic acids is 2. The number of benzene rings is 2. The van der Waals surface area contributed by atoms with E-state index < -0.39 is 17.8 Å². The smallest absolute Gasteiger partial charge is 0.256 e. The number of rotatable bonds is 3. The van der Waals surface area contributed by atoms with Crippen LogP contribution in [0.4, 0.5) is 4.39 Å². The summed E-state index contributed by atoms with van der Waals surface area (Å²) in [6, 6.07) is 10.4. The van der Waals surface area contributed by atoms with Gasteiger partial charge in [0.15, 0.2) is 6.10 Å². The van der Waals surface area contributed by atoms with Crippen LogP contribution in [-0.4, -0.2) is 52.9 Å². The largest absolute Gasteiger partial charge is 0.378 e. The lowest BCUT2D eigenvalue weighted by Gasteiger charge is -2.24. The molecule has 1 unspecified atom stereocenters. The minimum Gasteiger partial charge on any atom is -0.378 e. The quantitative estimate of drug-likeness (QED) is 0.819. The zero-order chi connectivity index (χ0) is 20.3. The van der Waals surface area contributed by atoms with Crippen molar-refractivity contribution in [1.29, 1.82) is 0 Å². The van der Waals surface area contributed by atoms with Crippen molar-refractivity contribution < 1.29 is 19.1 Å². The first-order valence-corrected chi connectivity index (χ1v) is 9.59. The molecule has 1 aliphatic rings. The monoisotopic (exact) mass is 424 g/mol. The summed E-state index contributed by atoms with van der Waals surface area (Å²) in [4.78, 5) is 28.4. The highest BCUT2D eigenvalue weighted by molar-refractivity contribution is 6.30. The summed E-state index contributed by atoms with van der Waals surface area (Å²) in [6.07, 6.45) is -1.06. The van der Waals surface area contributed by atoms with Crippen LogP contribution in [-0.2, 0) is 4.79 Å². The lowest BCUT2D eigenvalue weighted by atomic mass is 10.1. The van der Waals surface area contributed by atoms with Crippen molar-refractivity contribution in [3.63, 3.8) is 0 Å². The molecule has 148 valence electrons. The number of amides is 2. The summed E-state index contributed by atoms with van der Waals surface area (Å²) >= 11 is 11.6. The molecule has 0 radical (unpaired) electrons. The highest BCUT2D eigenvalue weighted by Crippen LogP contribution is 2.23. The molecule has 0 aliphatic carbocycles. The standard InChI is InChI=1S/C20H19Cl2FN2O3/c21-14-4-2-13(3-5-14)19(27)24-8-1-9-25(11-10-24)20(28)18(26)16-7-6-15(22)12-17(16)23/h2-7,12,18,26H,1,8-11H2. The molecule has 0 aromatic heterocycles. The van der Waals surface area contributed by atoms with Gasteiger partial charge in [0.1, 0.15) is 5.82 Å². The van der Waals surface area contributed by atoms with E-state index in [1.807, 2.05) is 0 Å². The van der Waals surface area contributed by atoms with E-state index in [2.05, 4.69) is 0 Å². The Morgan fingerprint density at radius 1 is 0.929 bits per heavy atom. The molecular formula is C20H19Cl2FN2O3. The molecule has 1 aliphatic heterocycles. The maximum Gasteiger partial charge on any atom is 0.256 e. The van der Waals surface area contributed by atoms with Gasteiger partial charge in [-0.1, -0.05) is 29.3 Å². The summed E-state index contributed by atoms with van der Waals surface area (Å²) in [5.74, 6) is -1.47. The van der Waals surface area contributed by atoms with Crippen LogP contribution >= 0.6 is 23.2 Å². The van der Waals surface area contributed by atoms with Gasteiger partial charge in [-0.05, 0) is 42.8 Å². The van der Waals surface area contributed by atoms with E-state index in [4.69, 9.17) is 23.2 Å². The lowest BCUT2D eigenvalue weighted by molar-refractivity contribution is -0.140. The Kier molecular flexibility index (Phi) is 6.54. The van der Waals surface area contributed by atoms with Gasteiger partial charge in [-0.3, -0.25) is 9.59 Å². The third-order valence-electron chi connectivity index (χ3n) is 4.68. The summed E-state index contributed by atoms with van der Waals surface area (Å²) in [5.41, 5.74) is 0.403. The van der Waals surface area contributed by atoms with Crippen LogP contribution in [0, 0.1) is 5.82 Å². The number of halogens is 3. The normalized spacial score (nSPS) is 15.9. The van der Waals surface area contributed by atoms with Crippen molar-refractivity contribution >= 4 is 35.0 Å². The van der Waals surface area contributed by atoms with Crippen molar-refractivity contribution in [2.75, 3.05) is 26.2 Å². The first-order chi connectivity index (χ1) is 13.4. The fourth-order valence-corrected chi connectivity index (χ4v) is 3.43. The molecule has 2 aromatic rings. The second kappa shape index (κ2) is 8.90. The van der Waals surface area contributed by atoms with Crippen molar-refractivity contribution in [2.24, 2.45) is 0 Å². The SMILES string of the molecule is O=C(c1ccc(Cl)cc1)N1CCCN(C(=O)C(O)c2ccc(Cl)cc2F)CC1. The Hall–Kier alpha value is -2.15. The van der Waals surface area contributed by atoms with Crippen molar-refractivity contribution in [3.05, 3.63) is 69.5 Å². The maximum absolute atomic E-state index is 14.0. The average Bonchev–Trinajstić information content (AvgIpc) is 2.93. The number of carbonyl (C=O) groups is 2. The predicted molar refractivity (Wildman–Crippen MR) is 105 cm³/mol. The number of hydrogen-bond acceptors (Lipinski definition) is 3. The number of nitrogens with zero attached hydrogens (tertiary/aromatic N) is 2. The fourth-order valence-electron chi connectivity index (χ4n) is 3.15. The molecule has 28 heavy (non-hydrogen) atoms. The van der Waals surface area contributed by atoms with Crippen LogP contribution in [0.15, 0.2) is 42.5 Å². The maximum atomic E-state index is 14.0. The highest BCUT2D eigenvalue weighted by Gasteiger charge is 2.29. The molecule has 2 amide bonds. The summed E-state index contributed by atoms with van der Waals surface area (Å²) < 4.78 is 14.0. The van der Waals surface area contributed by atoms with Gasteiger partial charge in [0.05, 0.1) is 0 Å². The molecule has 1 atom stereocenters. The topological polar surface area (TPSA) is 60.9 Å². The zero-order valence-corrected chi connectivity index (χ0v) is 16.5. The Labute approximate surface area is 172 Å². The zero-order valence-electron chi connectivity index (χ0n) is 14.9. The first-order valence-electron chi connectivity index (χ1n) is 8.83. The Morgan fingerprint density at radius 2 is 1.54 bits per heavy atom. The first kappa shape index (κ1) is 20.6. The van der Waals surface area contributed by atoms with Crippen LogP contribution < -0.4 is 0 Å². The average molecular weight is 425 g/mol. The van der Waals surface area contributed by atoms with Crippen molar-refractivity contribution in [2.45, 2.75) is 12.5 Å². The molecule has 5 nitrogen and oxygen atoms in total. The number of aliphatic hydroxyl groups excluding tert-OH is 1. The van der Waals surface area contributed by atoms with Gasteiger partial charge in [0.2, 0.25) is 0 Å². The van der Waals surface area contributed by atoms with Crippen LogP contribution in [0.1, 0.15) is 28.4 Å². The fraction of sp³-hybridized carbons (Fsp3) is 0.300. The molecule has 8 heteroatoms. The molecule has 0 spiro atoms. The van der Waals surface area contributed by atoms with E-state index in [1.54, 1.807) is 29.2 Å². The van der Waals surface area contributed by atoms with Crippen molar-refractivity contribution in [3.8, 4) is 0 Å². The molecule has 1 heterocycles. The Balaban J connectivity index is 1.66. The summed E-state index contributed by atoms with van der Waals surface area (Å²) in [7, 11) is 0. The van der Waals surface area contributed by atoms with Gasteiger partial charge in [-0.25, -0.2) is 4.39 Å². The second-order valence-corrected chi connectivity index (χ2v) is 7.42. The Bertz CT molecular complexity index is 876. The molecule has 1 N–H and O–H groups in total. The summed E-state index contributed by atoms with van der Waals surface area (Å²) in [6.45, 7) is 1.43. The Morgan fingerprint density at radius 3 is 2.21 bits per heavy atom. The van der Waals surface area contributed by atoms with E-state index in [-0.39, 0.29) is 23.0 Å². The lowest BCUT2D eigenvalue weighted by Crippen LogP contribution is -2.39. The molecule has 0 bridgehead atoms. The third-order valence-corrected chi connectivity index (χ3v) is 5.16. The van der Waals surface area contributed by atoms with Gasteiger partial charge in [0.25, 0.3) is 11.8 Å². The van der Waals surface area contributed by atoms with E-state index >= 15 is 0 Å². The van der Waals surface area contributed by atoms with Gasteiger partial charge in [0, 0.05) is 47.4 Å². The molecular weight excluding hydrogens is 406 g/mol. The van der Waals surface area contributed by atoms with Crippen LogP contribution in [0.5, 0.6) is 0 Å². The van der Waals surface area contributed by atoms with Crippen molar-refractivity contribution in [1.82, 2.24) is 9.80 Å². The third kappa shape index (κ3) is 4.63. The minimum absolute atomic E-state index is 0.118. The second-order valence-electron chi connectivity index (χ2n) is 6.55. The van der Waals surface area contributed by atoms with Crippen LogP contribution in [0.25, 0.3) is 0 Å². The van der Waals surface area contributed by atoms with E-state index in [9.17, 15) is 19.1 Å². The summed E-state index contributed by atoms with van der Waals surface area (Å²) in [5, 5.41) is 11.1. The molecule has 0 saturated carbocycles. The van der Waals surface area contributed by atoms with Crippen LogP contribution in [0.3, 0.4) is 0 Å². The molecule has 1 saturated heterocycles. The predicted octanol–water partition coefficient (Wildman–Crippen LogP) is 3.54. The minimum atomic E-state index is -1.62. The van der Waals surface area contributed by atoms with E-state index in [0.717, 1.165) is 6.07 Å². The molecule has 1 fully saturated rings. The highest BCUT2D eigenvalue weighted by atomic mass is 35.5. The van der Waals surface area contributed by atoms with Gasteiger partial charge < -0.3 is 14.9 Å².